The summed E-state index contributed by atoms with van der Waals surface area (Å²) in [6.07, 6.45) is -4.41. The van der Waals surface area contributed by atoms with Gasteiger partial charge in [0, 0.05) is 12.2 Å². The number of halogens is 3. The molecule has 0 aliphatic carbocycles. The summed E-state index contributed by atoms with van der Waals surface area (Å²) in [6, 6.07) is 6.94. The van der Waals surface area contributed by atoms with Crippen molar-refractivity contribution in [1.82, 2.24) is 10.2 Å². The maximum Gasteiger partial charge on any atom is 0.416 e. The fourth-order valence-corrected chi connectivity index (χ4v) is 3.55. The molecule has 1 aromatic heterocycles. The summed E-state index contributed by atoms with van der Waals surface area (Å²) in [7, 11) is 0. The average molecular weight is 399 g/mol. The molecule has 8 heteroatoms. The number of carbonyl (C=O) groups excluding carboxylic acids is 1. The standard InChI is InChI=1S/C19H24F3N3OS/c1-3-25(4-2)17(14-8-9-27-13-14)11-24-18(26)12-23-16-7-5-6-15(10-16)19(20,21)22/h5-10,13,17,23H,3-4,11-12H2,1-2H3,(H,24,26). The Hall–Kier alpha value is -2.06. The molecule has 0 bridgehead atoms. The normalized spacial score (nSPS) is 12.8. The molecule has 1 aromatic carbocycles. The van der Waals surface area contributed by atoms with Crippen LogP contribution in [-0.2, 0) is 11.0 Å². The molecular weight excluding hydrogens is 375 g/mol. The van der Waals surface area contributed by atoms with Crippen LogP contribution in [0.3, 0.4) is 0 Å². The van der Waals surface area contributed by atoms with Crippen molar-refractivity contribution in [1.29, 1.82) is 0 Å². The van der Waals surface area contributed by atoms with E-state index < -0.39 is 11.7 Å². The lowest BCUT2D eigenvalue weighted by atomic mass is 10.1. The highest BCUT2D eigenvalue weighted by atomic mass is 32.1. The molecule has 1 atom stereocenters. The maximum atomic E-state index is 12.7. The van der Waals surface area contributed by atoms with Crippen molar-refractivity contribution in [2.75, 3.05) is 31.5 Å². The fraction of sp³-hybridized carbons (Fsp3) is 0.421. The van der Waals surface area contributed by atoms with Crippen LogP contribution in [0.2, 0.25) is 0 Å². The van der Waals surface area contributed by atoms with E-state index >= 15 is 0 Å². The number of nitrogens with one attached hydrogen (secondary N) is 2. The van der Waals surface area contributed by atoms with E-state index in [-0.39, 0.29) is 24.2 Å². The second-order valence-corrected chi connectivity index (χ2v) is 6.81. The Morgan fingerprint density at radius 2 is 1.96 bits per heavy atom. The largest absolute Gasteiger partial charge is 0.416 e. The Balaban J connectivity index is 1.91. The molecule has 2 rings (SSSR count). The third kappa shape index (κ3) is 6.25. The lowest BCUT2D eigenvalue weighted by molar-refractivity contribution is -0.137. The van der Waals surface area contributed by atoms with E-state index in [0.717, 1.165) is 30.8 Å². The first-order valence-corrected chi connectivity index (χ1v) is 9.73. The van der Waals surface area contributed by atoms with Crippen molar-refractivity contribution in [3.8, 4) is 0 Å². The van der Waals surface area contributed by atoms with Gasteiger partial charge in [-0.15, -0.1) is 0 Å². The molecule has 1 unspecified atom stereocenters. The fourth-order valence-electron chi connectivity index (χ4n) is 2.85. The molecule has 1 amide bonds. The van der Waals surface area contributed by atoms with Gasteiger partial charge in [-0.05, 0) is 53.7 Å². The van der Waals surface area contributed by atoms with Gasteiger partial charge in [-0.1, -0.05) is 19.9 Å². The van der Waals surface area contributed by atoms with Gasteiger partial charge in [0.2, 0.25) is 5.91 Å². The highest BCUT2D eigenvalue weighted by Gasteiger charge is 2.30. The van der Waals surface area contributed by atoms with Crippen molar-refractivity contribution >= 4 is 22.9 Å². The van der Waals surface area contributed by atoms with Crippen LogP contribution in [0.25, 0.3) is 0 Å². The van der Waals surface area contributed by atoms with Crippen molar-refractivity contribution in [3.63, 3.8) is 0 Å². The summed E-state index contributed by atoms with van der Waals surface area (Å²) in [4.78, 5) is 14.4. The molecule has 2 N–H and O–H groups in total. The van der Waals surface area contributed by atoms with Crippen molar-refractivity contribution in [3.05, 3.63) is 52.2 Å². The topological polar surface area (TPSA) is 44.4 Å². The molecular formula is C19H24F3N3OS. The molecule has 0 spiro atoms. The lowest BCUT2D eigenvalue weighted by Crippen LogP contribution is -2.39. The number of anilines is 1. The van der Waals surface area contributed by atoms with E-state index in [1.54, 1.807) is 11.3 Å². The summed E-state index contributed by atoms with van der Waals surface area (Å²) in [6.45, 7) is 6.21. The van der Waals surface area contributed by atoms with Crippen LogP contribution in [0.1, 0.15) is 31.0 Å². The quantitative estimate of drug-likeness (QED) is 0.658. The molecule has 1 heterocycles. The molecule has 0 radical (unpaired) electrons. The third-order valence-corrected chi connectivity index (χ3v) is 5.02. The smallest absolute Gasteiger partial charge is 0.376 e. The Bertz CT molecular complexity index is 715. The summed E-state index contributed by atoms with van der Waals surface area (Å²) in [5.74, 6) is -0.264. The van der Waals surface area contributed by atoms with E-state index in [1.807, 2.05) is 11.4 Å². The number of thiophene rings is 1. The predicted octanol–water partition coefficient (Wildman–Crippen LogP) is 4.38. The Labute approximate surface area is 161 Å². The minimum Gasteiger partial charge on any atom is -0.376 e. The summed E-state index contributed by atoms with van der Waals surface area (Å²) in [5, 5.41) is 9.69. The van der Waals surface area contributed by atoms with Crippen LogP contribution in [0.15, 0.2) is 41.1 Å². The molecule has 0 fully saturated rings. The number of hydrogen-bond acceptors (Lipinski definition) is 4. The number of alkyl halides is 3. The molecule has 0 aliphatic heterocycles. The summed E-state index contributed by atoms with van der Waals surface area (Å²) in [5.41, 5.74) is 0.667. The molecule has 0 aliphatic rings. The molecule has 27 heavy (non-hydrogen) atoms. The Morgan fingerprint density at radius 1 is 1.22 bits per heavy atom. The monoisotopic (exact) mass is 399 g/mol. The van der Waals surface area contributed by atoms with Crippen LogP contribution in [0.5, 0.6) is 0 Å². The van der Waals surface area contributed by atoms with Gasteiger partial charge in [0.1, 0.15) is 0 Å². The van der Waals surface area contributed by atoms with Gasteiger partial charge in [-0.3, -0.25) is 9.69 Å². The van der Waals surface area contributed by atoms with Gasteiger partial charge in [-0.2, -0.15) is 24.5 Å². The molecule has 0 saturated heterocycles. The molecule has 148 valence electrons. The van der Waals surface area contributed by atoms with E-state index in [1.165, 1.54) is 12.1 Å². The van der Waals surface area contributed by atoms with E-state index in [2.05, 4.69) is 34.8 Å². The van der Waals surface area contributed by atoms with E-state index in [9.17, 15) is 18.0 Å². The zero-order valence-corrected chi connectivity index (χ0v) is 16.2. The van der Waals surface area contributed by atoms with Crippen LogP contribution in [0.4, 0.5) is 18.9 Å². The van der Waals surface area contributed by atoms with Gasteiger partial charge >= 0.3 is 6.18 Å². The minimum atomic E-state index is -4.41. The van der Waals surface area contributed by atoms with Gasteiger partial charge in [0.05, 0.1) is 18.2 Å². The van der Waals surface area contributed by atoms with Gasteiger partial charge in [-0.25, -0.2) is 0 Å². The Kier molecular flexibility index (Phi) is 7.67. The SMILES string of the molecule is CCN(CC)C(CNC(=O)CNc1cccc(C(F)(F)F)c1)c1ccsc1. The average Bonchev–Trinajstić information content (AvgIpc) is 3.17. The number of rotatable bonds is 9. The first kappa shape index (κ1) is 21.2. The zero-order chi connectivity index (χ0) is 19.9. The summed E-state index contributed by atoms with van der Waals surface area (Å²) >= 11 is 1.61. The van der Waals surface area contributed by atoms with Gasteiger partial charge < -0.3 is 10.6 Å². The number of likely N-dealkylation sites (N-methyl/N-ethyl adjacent to an activating group) is 1. The highest BCUT2D eigenvalue weighted by Crippen LogP contribution is 2.30. The summed E-state index contributed by atoms with van der Waals surface area (Å²) < 4.78 is 38.2. The van der Waals surface area contributed by atoms with Crippen molar-refractivity contribution < 1.29 is 18.0 Å². The second kappa shape index (κ2) is 9.75. The Morgan fingerprint density at radius 3 is 2.56 bits per heavy atom. The number of hydrogen-bond donors (Lipinski definition) is 2. The lowest BCUT2D eigenvalue weighted by Gasteiger charge is -2.29. The van der Waals surface area contributed by atoms with Gasteiger partial charge in [0.25, 0.3) is 0 Å². The van der Waals surface area contributed by atoms with Crippen LogP contribution in [0, 0.1) is 0 Å². The van der Waals surface area contributed by atoms with Crippen molar-refractivity contribution in [2.24, 2.45) is 0 Å². The molecule has 0 saturated carbocycles. The number of amides is 1. The van der Waals surface area contributed by atoms with Crippen molar-refractivity contribution in [2.45, 2.75) is 26.1 Å². The number of carbonyl (C=O) groups is 1. The number of benzene rings is 1. The van der Waals surface area contributed by atoms with E-state index in [4.69, 9.17) is 0 Å². The van der Waals surface area contributed by atoms with Crippen LogP contribution >= 0.6 is 11.3 Å². The number of nitrogens with zero attached hydrogens (tertiary/aromatic N) is 1. The first-order chi connectivity index (χ1) is 12.8. The molecule has 2 aromatic rings. The third-order valence-electron chi connectivity index (χ3n) is 4.32. The van der Waals surface area contributed by atoms with E-state index in [0.29, 0.717) is 6.54 Å². The predicted molar refractivity (Wildman–Crippen MR) is 103 cm³/mol. The van der Waals surface area contributed by atoms with Crippen LogP contribution in [-0.4, -0.2) is 37.0 Å². The second-order valence-electron chi connectivity index (χ2n) is 6.03. The van der Waals surface area contributed by atoms with Gasteiger partial charge in [0.15, 0.2) is 0 Å². The highest BCUT2D eigenvalue weighted by molar-refractivity contribution is 7.07. The minimum absolute atomic E-state index is 0.0729. The maximum absolute atomic E-state index is 12.7. The molecule has 4 nitrogen and oxygen atoms in total. The van der Waals surface area contributed by atoms with Crippen LogP contribution < -0.4 is 10.6 Å². The first-order valence-electron chi connectivity index (χ1n) is 8.79. The zero-order valence-electron chi connectivity index (χ0n) is 15.3.